The lowest BCUT2D eigenvalue weighted by molar-refractivity contribution is -0.115. The van der Waals surface area contributed by atoms with Crippen molar-refractivity contribution in [2.75, 3.05) is 18.1 Å². The number of primary amides is 1. The number of carbonyl (C=O) groups is 1. The first kappa shape index (κ1) is 16.4. The summed E-state index contributed by atoms with van der Waals surface area (Å²) in [6.07, 6.45) is 0. The zero-order chi connectivity index (χ0) is 15.1. The number of nitrogens with two attached hydrogens (primary N) is 1. The average molecular weight is 362 g/mol. The third-order valence-corrected chi connectivity index (χ3v) is 5.55. The van der Waals surface area contributed by atoms with Gasteiger partial charge in [-0.15, -0.1) is 10.2 Å². The molecule has 0 unspecified atom stereocenters. The molecule has 2 aromatic rings. The minimum absolute atomic E-state index is 0.221. The number of halogens is 1. The Morgan fingerprint density at radius 1 is 1.24 bits per heavy atom. The number of aromatic nitrogens is 2. The summed E-state index contributed by atoms with van der Waals surface area (Å²) >= 11 is 10.1. The minimum atomic E-state index is -0.360. The Balaban J connectivity index is 1.68. The van der Waals surface area contributed by atoms with E-state index in [0.29, 0.717) is 11.6 Å². The largest absolute Gasteiger partial charge is 0.493 e. The van der Waals surface area contributed by atoms with Crippen molar-refractivity contribution in [1.82, 2.24) is 10.2 Å². The summed E-state index contributed by atoms with van der Waals surface area (Å²) in [5, 5.41) is 8.70. The van der Waals surface area contributed by atoms with E-state index in [2.05, 4.69) is 10.2 Å². The standard InChI is InChI=1S/C12H12ClN3O2S3/c13-8-1-3-9(4-2-8)18-5-6-19-11-15-16-12(21-11)20-7-10(14)17/h1-4H,5-7H2,(H2,14,17). The van der Waals surface area contributed by atoms with Crippen molar-refractivity contribution in [3.63, 3.8) is 0 Å². The number of hydrogen-bond acceptors (Lipinski definition) is 7. The Hall–Kier alpha value is -0.960. The fourth-order valence-electron chi connectivity index (χ4n) is 1.27. The lowest BCUT2D eigenvalue weighted by Crippen LogP contribution is -2.12. The van der Waals surface area contributed by atoms with Crippen LogP contribution >= 0.6 is 46.5 Å². The maximum absolute atomic E-state index is 10.7. The van der Waals surface area contributed by atoms with Gasteiger partial charge in [0.05, 0.1) is 12.4 Å². The second-order valence-corrected chi connectivity index (χ2v) is 7.72. The second kappa shape index (κ2) is 8.47. The molecule has 1 aromatic carbocycles. The van der Waals surface area contributed by atoms with Gasteiger partial charge < -0.3 is 10.5 Å². The first-order chi connectivity index (χ1) is 10.1. The molecule has 0 aliphatic carbocycles. The van der Waals surface area contributed by atoms with Crippen LogP contribution < -0.4 is 10.5 Å². The third kappa shape index (κ3) is 6.13. The van der Waals surface area contributed by atoms with Gasteiger partial charge in [-0.25, -0.2) is 0 Å². The average Bonchev–Trinajstić information content (AvgIpc) is 2.91. The quantitative estimate of drug-likeness (QED) is 0.575. The van der Waals surface area contributed by atoms with Crippen LogP contribution in [0.25, 0.3) is 0 Å². The van der Waals surface area contributed by atoms with Crippen LogP contribution in [-0.4, -0.2) is 34.2 Å². The van der Waals surface area contributed by atoms with Crippen molar-refractivity contribution in [1.29, 1.82) is 0 Å². The third-order valence-electron chi connectivity index (χ3n) is 2.12. The molecular weight excluding hydrogens is 350 g/mol. The molecule has 0 fully saturated rings. The fraction of sp³-hybridized carbons (Fsp3) is 0.250. The first-order valence-corrected chi connectivity index (χ1v) is 9.06. The SMILES string of the molecule is NC(=O)CSc1nnc(SCCOc2ccc(Cl)cc2)s1. The lowest BCUT2D eigenvalue weighted by Gasteiger charge is -2.04. The Bertz CT molecular complexity index is 592. The molecule has 0 saturated carbocycles. The molecule has 112 valence electrons. The van der Waals surface area contributed by atoms with Crippen molar-refractivity contribution in [3.05, 3.63) is 29.3 Å². The van der Waals surface area contributed by atoms with Gasteiger partial charge in [0, 0.05) is 10.8 Å². The van der Waals surface area contributed by atoms with Crippen molar-refractivity contribution in [3.8, 4) is 5.75 Å². The fourth-order valence-corrected chi connectivity index (χ4v) is 4.04. The van der Waals surface area contributed by atoms with E-state index >= 15 is 0 Å². The molecule has 1 aromatic heterocycles. The lowest BCUT2D eigenvalue weighted by atomic mass is 10.3. The number of benzene rings is 1. The van der Waals surface area contributed by atoms with E-state index in [1.165, 1.54) is 23.1 Å². The molecule has 0 atom stereocenters. The van der Waals surface area contributed by atoms with Crippen LogP contribution in [-0.2, 0) is 4.79 Å². The van der Waals surface area contributed by atoms with Gasteiger partial charge in [0.15, 0.2) is 8.68 Å². The number of nitrogens with zero attached hydrogens (tertiary/aromatic N) is 2. The molecule has 0 aliphatic rings. The zero-order valence-electron chi connectivity index (χ0n) is 10.8. The highest BCUT2D eigenvalue weighted by Crippen LogP contribution is 2.28. The van der Waals surface area contributed by atoms with Crippen LogP contribution in [0.2, 0.25) is 5.02 Å². The molecule has 0 radical (unpaired) electrons. The number of thioether (sulfide) groups is 2. The molecule has 21 heavy (non-hydrogen) atoms. The summed E-state index contributed by atoms with van der Waals surface area (Å²) in [4.78, 5) is 10.7. The first-order valence-electron chi connectivity index (χ1n) is 5.89. The van der Waals surface area contributed by atoms with E-state index < -0.39 is 0 Å². The molecule has 0 aliphatic heterocycles. The Labute approximate surface area is 139 Å². The highest BCUT2D eigenvalue weighted by atomic mass is 35.5. The smallest absolute Gasteiger partial charge is 0.227 e. The van der Waals surface area contributed by atoms with Crippen LogP contribution in [0.5, 0.6) is 5.75 Å². The highest BCUT2D eigenvalue weighted by Gasteiger charge is 2.07. The minimum Gasteiger partial charge on any atom is -0.493 e. The molecule has 0 saturated heterocycles. The molecule has 2 N–H and O–H groups in total. The van der Waals surface area contributed by atoms with E-state index in [4.69, 9.17) is 22.1 Å². The monoisotopic (exact) mass is 361 g/mol. The summed E-state index contributed by atoms with van der Waals surface area (Å²) in [7, 11) is 0. The Kier molecular flexibility index (Phi) is 6.62. The number of amides is 1. The van der Waals surface area contributed by atoms with Crippen molar-refractivity contribution >= 4 is 52.4 Å². The molecule has 2 rings (SSSR count). The number of ether oxygens (including phenoxy) is 1. The van der Waals surface area contributed by atoms with Crippen molar-refractivity contribution < 1.29 is 9.53 Å². The van der Waals surface area contributed by atoms with Gasteiger partial charge in [0.1, 0.15) is 5.75 Å². The van der Waals surface area contributed by atoms with Crippen molar-refractivity contribution in [2.24, 2.45) is 5.73 Å². The van der Waals surface area contributed by atoms with Gasteiger partial charge in [-0.2, -0.15) is 0 Å². The molecule has 0 bridgehead atoms. The molecule has 1 heterocycles. The molecule has 5 nitrogen and oxygen atoms in total. The zero-order valence-corrected chi connectivity index (χ0v) is 14.0. The van der Waals surface area contributed by atoms with Gasteiger partial charge in [-0.3, -0.25) is 4.79 Å². The van der Waals surface area contributed by atoms with E-state index in [1.807, 2.05) is 12.1 Å². The maximum atomic E-state index is 10.7. The van der Waals surface area contributed by atoms with Crippen LogP contribution in [0.3, 0.4) is 0 Å². The Morgan fingerprint density at radius 2 is 1.90 bits per heavy atom. The summed E-state index contributed by atoms with van der Waals surface area (Å²) in [6, 6.07) is 7.24. The van der Waals surface area contributed by atoms with Gasteiger partial charge in [-0.05, 0) is 24.3 Å². The number of carbonyl (C=O) groups excluding carboxylic acids is 1. The highest BCUT2D eigenvalue weighted by molar-refractivity contribution is 8.03. The maximum Gasteiger partial charge on any atom is 0.227 e. The summed E-state index contributed by atoms with van der Waals surface area (Å²) < 4.78 is 7.17. The number of rotatable bonds is 8. The topological polar surface area (TPSA) is 78.1 Å². The van der Waals surface area contributed by atoms with E-state index in [0.717, 1.165) is 20.2 Å². The van der Waals surface area contributed by atoms with E-state index in [1.54, 1.807) is 23.9 Å². The predicted molar refractivity (Wildman–Crippen MR) is 87.5 cm³/mol. The summed E-state index contributed by atoms with van der Waals surface area (Å²) in [5.41, 5.74) is 5.08. The number of hydrogen-bond donors (Lipinski definition) is 1. The van der Waals surface area contributed by atoms with Gasteiger partial charge in [0.2, 0.25) is 5.91 Å². The normalized spacial score (nSPS) is 10.5. The van der Waals surface area contributed by atoms with Gasteiger partial charge >= 0.3 is 0 Å². The van der Waals surface area contributed by atoms with E-state index in [-0.39, 0.29) is 11.7 Å². The summed E-state index contributed by atoms with van der Waals surface area (Å²) in [6.45, 7) is 0.565. The molecular formula is C12H12ClN3O2S3. The predicted octanol–water partition coefficient (Wildman–Crippen LogP) is 2.94. The van der Waals surface area contributed by atoms with Gasteiger partial charge in [-0.1, -0.05) is 46.5 Å². The van der Waals surface area contributed by atoms with Crippen LogP contribution in [0.15, 0.2) is 32.9 Å². The summed E-state index contributed by atoms with van der Waals surface area (Å²) in [5.74, 6) is 1.41. The van der Waals surface area contributed by atoms with Crippen molar-refractivity contribution in [2.45, 2.75) is 8.68 Å². The van der Waals surface area contributed by atoms with Gasteiger partial charge in [0.25, 0.3) is 0 Å². The van der Waals surface area contributed by atoms with Crippen LogP contribution in [0.1, 0.15) is 0 Å². The molecule has 0 spiro atoms. The van der Waals surface area contributed by atoms with Crippen LogP contribution in [0, 0.1) is 0 Å². The van der Waals surface area contributed by atoms with E-state index in [9.17, 15) is 4.79 Å². The molecule has 1 amide bonds. The molecule has 9 heteroatoms. The van der Waals surface area contributed by atoms with Crippen LogP contribution in [0.4, 0.5) is 0 Å². The second-order valence-electron chi connectivity index (χ2n) is 3.74. The Morgan fingerprint density at radius 3 is 2.57 bits per heavy atom.